The Kier molecular flexibility index (Phi) is 5.33. The highest BCUT2D eigenvalue weighted by atomic mass is 32.2. The second-order valence-electron chi connectivity index (χ2n) is 6.84. The van der Waals surface area contributed by atoms with Gasteiger partial charge in [0.2, 0.25) is 0 Å². The fourth-order valence-corrected chi connectivity index (χ4v) is 3.88. The summed E-state index contributed by atoms with van der Waals surface area (Å²) in [5.74, 6) is 0.673. The summed E-state index contributed by atoms with van der Waals surface area (Å²) in [7, 11) is -4.11. The number of nitrogens with two attached hydrogens (primary N) is 1. The van der Waals surface area contributed by atoms with Crippen molar-refractivity contribution < 1.29 is 26.3 Å². The van der Waals surface area contributed by atoms with Gasteiger partial charge in [-0.15, -0.1) is 0 Å². The first-order valence-electron chi connectivity index (χ1n) is 9.31. The van der Waals surface area contributed by atoms with E-state index < -0.39 is 10.1 Å². The summed E-state index contributed by atoms with van der Waals surface area (Å²) in [4.78, 5) is 0. The number of ether oxygens (including phenoxy) is 1. The summed E-state index contributed by atoms with van der Waals surface area (Å²) >= 11 is 0. The molecular formula is C22H21N2O5S+. The van der Waals surface area contributed by atoms with Gasteiger partial charge in [0.15, 0.2) is 18.9 Å². The monoisotopic (exact) mass is 425 g/mol. The summed E-state index contributed by atoms with van der Waals surface area (Å²) in [6.45, 7) is 2.84. The number of hydrogen-bond acceptors (Lipinski definition) is 6. The molecule has 4 rings (SSSR count). The average molecular weight is 425 g/mol. The first kappa shape index (κ1) is 19.8. The molecule has 0 amide bonds. The number of aryl methyl sites for hydroxylation is 1. The lowest BCUT2D eigenvalue weighted by Crippen LogP contribution is -2.35. The molecule has 0 bridgehead atoms. The van der Waals surface area contributed by atoms with Gasteiger partial charge in [-0.1, -0.05) is 18.2 Å². The molecule has 0 fully saturated rings. The van der Waals surface area contributed by atoms with E-state index in [9.17, 15) is 8.42 Å². The minimum atomic E-state index is -4.11. The SMILES string of the molecule is Cc1cc(OCC[n+]2ccc(N)cc2)cc(OS(=O)(=O)c2cc3ccccc3o2)c1. The van der Waals surface area contributed by atoms with Gasteiger partial charge >= 0.3 is 10.1 Å². The zero-order valence-electron chi connectivity index (χ0n) is 16.3. The number of rotatable bonds is 7. The molecular weight excluding hydrogens is 404 g/mol. The zero-order valence-corrected chi connectivity index (χ0v) is 17.1. The van der Waals surface area contributed by atoms with E-state index in [0.717, 1.165) is 5.56 Å². The Hall–Kier alpha value is -3.52. The molecule has 0 spiro atoms. The van der Waals surface area contributed by atoms with Gasteiger partial charge in [-0.05, 0) is 30.7 Å². The molecule has 4 aromatic rings. The summed E-state index contributed by atoms with van der Waals surface area (Å²) < 4.78 is 43.7. The third-order valence-electron chi connectivity index (χ3n) is 4.41. The summed E-state index contributed by atoms with van der Waals surface area (Å²) in [5, 5.41) is 0.445. The standard InChI is InChI=1S/C22H20N2O5S/c1-16-12-19(27-11-10-24-8-6-18(23)7-9-24)15-20(13-16)29-30(25,26)22-14-17-4-2-3-5-21(17)28-22/h2-9,12-15,23H,10-11H2,1H3/p+1. The number of fused-ring (bicyclic) bond motifs is 1. The number of hydrogen-bond donors (Lipinski definition) is 1. The van der Waals surface area contributed by atoms with Crippen LogP contribution in [0.25, 0.3) is 11.0 Å². The van der Waals surface area contributed by atoms with E-state index in [-0.39, 0.29) is 10.8 Å². The van der Waals surface area contributed by atoms with Crippen molar-refractivity contribution in [1.29, 1.82) is 0 Å². The smallest absolute Gasteiger partial charge is 0.373 e. The molecule has 154 valence electrons. The Morgan fingerprint density at radius 1 is 1.00 bits per heavy atom. The second kappa shape index (κ2) is 8.08. The van der Waals surface area contributed by atoms with Crippen molar-refractivity contribution in [1.82, 2.24) is 0 Å². The van der Waals surface area contributed by atoms with Crippen molar-refractivity contribution in [3.8, 4) is 11.5 Å². The van der Waals surface area contributed by atoms with E-state index in [1.54, 1.807) is 30.3 Å². The summed E-state index contributed by atoms with van der Waals surface area (Å²) in [6.07, 6.45) is 3.73. The van der Waals surface area contributed by atoms with Crippen LogP contribution in [0.3, 0.4) is 0 Å². The lowest BCUT2D eigenvalue weighted by atomic mass is 10.2. The molecule has 2 N–H and O–H groups in total. The summed E-state index contributed by atoms with van der Waals surface area (Å²) in [6, 6.07) is 17.1. The van der Waals surface area contributed by atoms with Gasteiger partial charge in [-0.3, -0.25) is 0 Å². The number of furan rings is 1. The molecule has 2 heterocycles. The van der Waals surface area contributed by atoms with Crippen molar-refractivity contribution in [2.45, 2.75) is 18.6 Å². The average Bonchev–Trinajstić information content (AvgIpc) is 3.14. The maximum absolute atomic E-state index is 12.7. The van der Waals surface area contributed by atoms with Crippen LogP contribution in [0.2, 0.25) is 0 Å². The quantitative estimate of drug-likeness (QED) is 0.360. The highest BCUT2D eigenvalue weighted by molar-refractivity contribution is 7.87. The van der Waals surface area contributed by atoms with Crippen LogP contribution >= 0.6 is 0 Å². The molecule has 0 radical (unpaired) electrons. The first-order chi connectivity index (χ1) is 14.4. The number of pyridine rings is 1. The number of nitrogen functional groups attached to an aromatic ring is 1. The molecule has 0 saturated carbocycles. The van der Waals surface area contributed by atoms with Gasteiger partial charge in [0, 0.05) is 35.3 Å². The molecule has 0 atom stereocenters. The largest absolute Gasteiger partial charge is 0.487 e. The third-order valence-corrected chi connectivity index (χ3v) is 5.52. The van der Waals surface area contributed by atoms with Crippen molar-refractivity contribution in [3.05, 3.63) is 78.6 Å². The maximum atomic E-state index is 12.7. The van der Waals surface area contributed by atoms with Crippen molar-refractivity contribution in [3.63, 3.8) is 0 Å². The lowest BCUT2D eigenvalue weighted by molar-refractivity contribution is -0.697. The van der Waals surface area contributed by atoms with Crippen LogP contribution in [0.1, 0.15) is 5.56 Å². The van der Waals surface area contributed by atoms with Gasteiger partial charge in [0.05, 0.1) is 0 Å². The molecule has 8 heteroatoms. The van der Waals surface area contributed by atoms with Crippen LogP contribution in [0, 0.1) is 6.92 Å². The molecule has 0 aliphatic rings. The van der Waals surface area contributed by atoms with Crippen LogP contribution in [0.15, 0.2) is 82.6 Å². The number of anilines is 1. The van der Waals surface area contributed by atoms with E-state index >= 15 is 0 Å². The second-order valence-corrected chi connectivity index (χ2v) is 8.32. The van der Waals surface area contributed by atoms with E-state index in [4.69, 9.17) is 19.1 Å². The van der Waals surface area contributed by atoms with Crippen LogP contribution in [-0.4, -0.2) is 15.0 Å². The van der Waals surface area contributed by atoms with Gasteiger partial charge in [0.25, 0.3) is 5.09 Å². The van der Waals surface area contributed by atoms with Crippen molar-refractivity contribution in [2.24, 2.45) is 0 Å². The van der Waals surface area contributed by atoms with Gasteiger partial charge in [0.1, 0.15) is 23.7 Å². The molecule has 0 aliphatic heterocycles. The molecule has 2 aromatic carbocycles. The highest BCUT2D eigenvalue weighted by Crippen LogP contribution is 2.28. The fraction of sp³-hybridized carbons (Fsp3) is 0.136. The van der Waals surface area contributed by atoms with E-state index in [2.05, 4.69) is 0 Å². The Balaban J connectivity index is 1.47. The van der Waals surface area contributed by atoms with Crippen molar-refractivity contribution in [2.75, 3.05) is 12.3 Å². The number of para-hydroxylation sites is 1. The van der Waals surface area contributed by atoms with Gasteiger partial charge in [-0.25, -0.2) is 4.57 Å². The molecule has 0 aliphatic carbocycles. The van der Waals surface area contributed by atoms with Crippen LogP contribution < -0.4 is 19.2 Å². The van der Waals surface area contributed by atoms with E-state index in [0.29, 0.717) is 35.6 Å². The first-order valence-corrected chi connectivity index (χ1v) is 10.7. The highest BCUT2D eigenvalue weighted by Gasteiger charge is 2.22. The third kappa shape index (κ3) is 4.55. The Labute approximate surface area is 174 Å². The number of nitrogens with zero attached hydrogens (tertiary/aromatic N) is 1. The Morgan fingerprint density at radius 2 is 1.73 bits per heavy atom. The molecule has 0 unspecified atom stereocenters. The predicted octanol–water partition coefficient (Wildman–Crippen LogP) is 3.46. The lowest BCUT2D eigenvalue weighted by Gasteiger charge is -2.09. The van der Waals surface area contributed by atoms with Crippen LogP contribution in [0.5, 0.6) is 11.5 Å². The minimum Gasteiger partial charge on any atom is -0.487 e. The predicted molar refractivity (Wildman–Crippen MR) is 112 cm³/mol. The fourth-order valence-electron chi connectivity index (χ4n) is 2.98. The normalized spacial score (nSPS) is 11.5. The topological polar surface area (TPSA) is 95.6 Å². The van der Waals surface area contributed by atoms with Crippen molar-refractivity contribution >= 4 is 26.8 Å². The Morgan fingerprint density at radius 3 is 2.50 bits per heavy atom. The zero-order chi connectivity index (χ0) is 21.1. The molecule has 7 nitrogen and oxygen atoms in total. The summed E-state index contributed by atoms with van der Waals surface area (Å²) in [5.41, 5.74) is 7.66. The van der Waals surface area contributed by atoms with E-state index in [1.165, 1.54) is 6.07 Å². The van der Waals surface area contributed by atoms with Gasteiger partial charge < -0.3 is 19.1 Å². The van der Waals surface area contributed by atoms with Gasteiger partial charge in [-0.2, -0.15) is 8.42 Å². The molecule has 30 heavy (non-hydrogen) atoms. The number of aromatic nitrogens is 1. The minimum absolute atomic E-state index is 0.158. The maximum Gasteiger partial charge on any atom is 0.373 e. The number of benzene rings is 2. The molecule has 0 saturated heterocycles. The Bertz CT molecular complexity index is 1250. The van der Waals surface area contributed by atoms with E-state index in [1.807, 2.05) is 48.1 Å². The van der Waals surface area contributed by atoms with Crippen LogP contribution in [-0.2, 0) is 16.7 Å². The van der Waals surface area contributed by atoms with Crippen LogP contribution in [0.4, 0.5) is 5.69 Å². The molecule has 2 aromatic heterocycles.